The van der Waals surface area contributed by atoms with Gasteiger partial charge in [-0.15, -0.1) is 11.8 Å². The maximum absolute atomic E-state index is 13.3. The van der Waals surface area contributed by atoms with Gasteiger partial charge in [0.05, 0.1) is 16.4 Å². The van der Waals surface area contributed by atoms with E-state index in [-0.39, 0.29) is 5.91 Å². The maximum atomic E-state index is 13.3. The van der Waals surface area contributed by atoms with Gasteiger partial charge in [0.15, 0.2) is 0 Å². The topological polar surface area (TPSA) is 71.5 Å². The van der Waals surface area contributed by atoms with Gasteiger partial charge in [0.1, 0.15) is 5.60 Å². The van der Waals surface area contributed by atoms with E-state index in [1.54, 1.807) is 11.8 Å². The van der Waals surface area contributed by atoms with Gasteiger partial charge in [-0.2, -0.15) is 0 Å². The van der Waals surface area contributed by atoms with Crippen LogP contribution in [0.2, 0.25) is 0 Å². The number of amides is 2. The molecule has 0 aliphatic carbocycles. The lowest BCUT2D eigenvalue weighted by Crippen LogP contribution is -2.33. The van der Waals surface area contributed by atoms with Crippen LogP contribution in [0.4, 0.5) is 10.5 Å². The van der Waals surface area contributed by atoms with Crippen molar-refractivity contribution >= 4 is 29.4 Å². The fourth-order valence-electron chi connectivity index (χ4n) is 3.90. The zero-order chi connectivity index (χ0) is 24.8. The van der Waals surface area contributed by atoms with Crippen LogP contribution in [-0.4, -0.2) is 35.7 Å². The van der Waals surface area contributed by atoms with Crippen molar-refractivity contribution in [1.29, 1.82) is 0 Å². The summed E-state index contributed by atoms with van der Waals surface area (Å²) in [6.45, 7) is 6.55. The molecular weight excluding hydrogens is 458 g/mol. The van der Waals surface area contributed by atoms with Crippen molar-refractivity contribution in [2.45, 2.75) is 50.0 Å². The van der Waals surface area contributed by atoms with Crippen LogP contribution in [0.15, 0.2) is 71.8 Å². The van der Waals surface area contributed by atoms with Crippen LogP contribution in [0.3, 0.4) is 0 Å². The highest BCUT2D eigenvalue weighted by Crippen LogP contribution is 2.31. The molecule has 35 heavy (non-hydrogen) atoms. The highest BCUT2D eigenvalue weighted by molar-refractivity contribution is 7.98. The molecular formula is C28H31N3O3S. The highest BCUT2D eigenvalue weighted by Gasteiger charge is 2.27. The number of carbonyl (C=O) groups is 2. The van der Waals surface area contributed by atoms with E-state index in [1.165, 1.54) is 5.56 Å². The van der Waals surface area contributed by atoms with Crippen LogP contribution < -0.4 is 10.2 Å². The first-order valence-electron chi connectivity index (χ1n) is 11.8. The number of hydrogen-bond donors (Lipinski definition) is 1. The zero-order valence-electron chi connectivity index (χ0n) is 20.4. The number of alkyl carbamates (subject to hydrolysis) is 1. The van der Waals surface area contributed by atoms with Gasteiger partial charge in [-0.3, -0.25) is 4.79 Å². The Hall–Kier alpha value is -3.32. The van der Waals surface area contributed by atoms with E-state index in [2.05, 4.69) is 17.4 Å². The third kappa shape index (κ3) is 6.85. The molecule has 1 aliphatic rings. The summed E-state index contributed by atoms with van der Waals surface area (Å²) in [6, 6.07) is 21.9. The molecule has 0 atom stereocenters. The zero-order valence-corrected chi connectivity index (χ0v) is 21.2. The number of fused-ring (bicyclic) bond motifs is 1. The van der Waals surface area contributed by atoms with Crippen molar-refractivity contribution < 1.29 is 14.3 Å². The number of nitrogens with one attached hydrogen (secondary N) is 1. The second kappa shape index (κ2) is 11.0. The Labute approximate surface area is 211 Å². The van der Waals surface area contributed by atoms with Crippen LogP contribution in [0, 0.1) is 0 Å². The summed E-state index contributed by atoms with van der Waals surface area (Å²) in [6.07, 6.45) is 0.924. The van der Waals surface area contributed by atoms with Gasteiger partial charge >= 0.3 is 6.09 Å². The van der Waals surface area contributed by atoms with E-state index in [0.717, 1.165) is 34.1 Å². The lowest BCUT2D eigenvalue weighted by atomic mass is 10.1. The summed E-state index contributed by atoms with van der Waals surface area (Å²) in [4.78, 5) is 31.8. The van der Waals surface area contributed by atoms with Crippen molar-refractivity contribution in [3.63, 3.8) is 0 Å². The molecule has 6 nitrogen and oxygen atoms in total. The Bertz CT molecular complexity index is 1190. The molecule has 2 aromatic carbocycles. The minimum atomic E-state index is -0.529. The number of anilines is 1. The normalized spacial score (nSPS) is 12.8. The molecule has 0 radical (unpaired) electrons. The highest BCUT2D eigenvalue weighted by atomic mass is 32.2. The summed E-state index contributed by atoms with van der Waals surface area (Å²) in [5, 5.41) is 3.74. The number of hydrogen-bond acceptors (Lipinski definition) is 5. The van der Waals surface area contributed by atoms with Crippen LogP contribution in [0.5, 0.6) is 0 Å². The summed E-state index contributed by atoms with van der Waals surface area (Å²) >= 11 is 1.71. The lowest BCUT2D eigenvalue weighted by molar-refractivity contribution is 0.0528. The van der Waals surface area contributed by atoms with E-state index in [4.69, 9.17) is 9.72 Å². The molecule has 4 rings (SSSR count). The van der Waals surface area contributed by atoms with Crippen LogP contribution in [0.1, 0.15) is 48.0 Å². The van der Waals surface area contributed by atoms with E-state index in [0.29, 0.717) is 25.1 Å². The van der Waals surface area contributed by atoms with Crippen molar-refractivity contribution in [2.75, 3.05) is 18.0 Å². The van der Waals surface area contributed by atoms with Crippen LogP contribution in [0.25, 0.3) is 0 Å². The maximum Gasteiger partial charge on any atom is 0.407 e. The van der Waals surface area contributed by atoms with Crippen LogP contribution in [-0.2, 0) is 23.3 Å². The fourth-order valence-corrected chi connectivity index (χ4v) is 4.75. The Balaban J connectivity index is 1.36. The minimum absolute atomic E-state index is 0.0304. The number of benzene rings is 2. The van der Waals surface area contributed by atoms with E-state index >= 15 is 0 Å². The molecule has 7 heteroatoms. The lowest BCUT2D eigenvalue weighted by Gasteiger charge is -2.19. The van der Waals surface area contributed by atoms with E-state index in [9.17, 15) is 9.59 Å². The largest absolute Gasteiger partial charge is 0.444 e. The molecule has 1 N–H and O–H groups in total. The van der Waals surface area contributed by atoms with Gasteiger partial charge in [-0.05, 0) is 62.6 Å². The molecule has 0 unspecified atom stereocenters. The molecule has 2 heterocycles. The molecule has 182 valence electrons. The molecule has 0 bridgehead atoms. The minimum Gasteiger partial charge on any atom is -0.444 e. The standard InChI is InChI=1S/C28H31N3O3S/c1-28(2,3)34-27(33)29-16-14-20-10-7-11-22(18-20)26(32)31-17-15-23-24(31)12-13-25(30-23)35-19-21-8-5-4-6-9-21/h4-13,18H,14-17,19H2,1-3H3,(H,29,33). The molecule has 1 aromatic heterocycles. The third-order valence-electron chi connectivity index (χ3n) is 5.52. The predicted molar refractivity (Wildman–Crippen MR) is 140 cm³/mol. The van der Waals surface area contributed by atoms with Crippen molar-refractivity contribution in [3.05, 3.63) is 89.1 Å². The first-order valence-corrected chi connectivity index (χ1v) is 12.8. The SMILES string of the molecule is CC(C)(C)OC(=O)NCCc1cccc(C(=O)N2CCc3nc(SCc4ccccc4)ccc32)c1. The molecule has 0 saturated heterocycles. The van der Waals surface area contributed by atoms with Gasteiger partial charge in [0.25, 0.3) is 5.91 Å². The number of nitrogens with zero attached hydrogens (tertiary/aromatic N) is 2. The van der Waals surface area contributed by atoms with Gasteiger partial charge in [0.2, 0.25) is 0 Å². The van der Waals surface area contributed by atoms with Gasteiger partial charge in [-0.25, -0.2) is 9.78 Å². The first-order chi connectivity index (χ1) is 16.8. The quantitative estimate of drug-likeness (QED) is 0.435. The van der Waals surface area contributed by atoms with Crippen molar-refractivity contribution in [2.24, 2.45) is 0 Å². The van der Waals surface area contributed by atoms with Crippen molar-refractivity contribution in [3.8, 4) is 0 Å². The summed E-state index contributed by atoms with van der Waals surface area (Å²) in [5.41, 5.74) is 4.20. The second-order valence-corrected chi connectivity index (χ2v) is 10.5. The number of pyridine rings is 1. The van der Waals surface area contributed by atoms with Gasteiger partial charge in [-0.1, -0.05) is 42.5 Å². The van der Waals surface area contributed by atoms with Gasteiger partial charge < -0.3 is 15.0 Å². The number of thioether (sulfide) groups is 1. The number of rotatable bonds is 7. The molecule has 2 amide bonds. The van der Waals surface area contributed by atoms with Crippen LogP contribution >= 0.6 is 11.8 Å². The Morgan fingerprint density at radius 2 is 1.80 bits per heavy atom. The predicted octanol–water partition coefficient (Wildman–Crippen LogP) is 5.64. The fraction of sp³-hybridized carbons (Fsp3) is 0.321. The van der Waals surface area contributed by atoms with Crippen molar-refractivity contribution in [1.82, 2.24) is 10.3 Å². The monoisotopic (exact) mass is 489 g/mol. The first kappa shape index (κ1) is 24.8. The molecule has 3 aromatic rings. The Morgan fingerprint density at radius 3 is 2.57 bits per heavy atom. The Kier molecular flexibility index (Phi) is 7.76. The average Bonchev–Trinajstić information content (AvgIpc) is 3.25. The third-order valence-corrected chi connectivity index (χ3v) is 6.52. The summed E-state index contributed by atoms with van der Waals surface area (Å²) in [5.74, 6) is 0.836. The summed E-state index contributed by atoms with van der Waals surface area (Å²) < 4.78 is 5.27. The van der Waals surface area contributed by atoms with E-state index < -0.39 is 11.7 Å². The smallest absolute Gasteiger partial charge is 0.407 e. The molecule has 0 saturated carbocycles. The van der Waals surface area contributed by atoms with Gasteiger partial charge in [0, 0.05) is 30.8 Å². The summed E-state index contributed by atoms with van der Waals surface area (Å²) in [7, 11) is 0. The Morgan fingerprint density at radius 1 is 1.03 bits per heavy atom. The molecule has 0 spiro atoms. The number of ether oxygens (including phenoxy) is 1. The number of carbonyl (C=O) groups excluding carboxylic acids is 2. The second-order valence-electron chi connectivity index (χ2n) is 9.48. The number of aromatic nitrogens is 1. The molecule has 1 aliphatic heterocycles. The van der Waals surface area contributed by atoms with E-state index in [1.807, 2.05) is 80.3 Å². The molecule has 0 fully saturated rings. The average molecular weight is 490 g/mol.